The zero-order valence-corrected chi connectivity index (χ0v) is 16.7. The molecule has 0 fully saturated rings. The van der Waals surface area contributed by atoms with Gasteiger partial charge in [0.25, 0.3) is 5.91 Å². The number of amides is 2. The van der Waals surface area contributed by atoms with Crippen LogP contribution in [-0.4, -0.2) is 26.8 Å². The zero-order chi connectivity index (χ0) is 22.7. The van der Waals surface area contributed by atoms with Gasteiger partial charge in [0.2, 0.25) is 5.91 Å². The smallest absolute Gasteiger partial charge is 0.257 e. The Bertz CT molecular complexity index is 1340. The lowest BCUT2D eigenvalue weighted by Gasteiger charge is -2.10. The van der Waals surface area contributed by atoms with Crippen molar-refractivity contribution in [3.05, 3.63) is 83.4 Å². The topological polar surface area (TPSA) is 149 Å². The van der Waals surface area contributed by atoms with Gasteiger partial charge in [-0.05, 0) is 36.4 Å². The van der Waals surface area contributed by atoms with Gasteiger partial charge in [-0.15, -0.1) is 0 Å². The molecule has 32 heavy (non-hydrogen) atoms. The number of carbonyl (C=O) groups excluding carboxylic acids is 2. The Kier molecular flexibility index (Phi) is 5.58. The van der Waals surface area contributed by atoms with E-state index in [0.29, 0.717) is 22.5 Å². The highest BCUT2D eigenvalue weighted by Crippen LogP contribution is 2.19. The molecule has 0 radical (unpaired) electrons. The number of anilines is 3. The summed E-state index contributed by atoms with van der Waals surface area (Å²) < 4.78 is 14.6. The predicted octanol–water partition coefficient (Wildman–Crippen LogP) is 2.71. The molecule has 2 amide bonds. The summed E-state index contributed by atoms with van der Waals surface area (Å²) >= 11 is 0. The first-order chi connectivity index (χ1) is 15.4. The number of nitrogen functional groups attached to an aromatic ring is 1. The molecule has 2 aromatic carbocycles. The molecule has 2 heterocycles. The molecule has 0 saturated heterocycles. The van der Waals surface area contributed by atoms with Crippen LogP contribution in [0.25, 0.3) is 10.9 Å². The number of fused-ring (bicyclic) bond motifs is 1. The minimum absolute atomic E-state index is 0.0629. The van der Waals surface area contributed by atoms with Crippen LogP contribution in [-0.2, 0) is 6.54 Å². The third-order valence-corrected chi connectivity index (χ3v) is 4.71. The van der Waals surface area contributed by atoms with Crippen molar-refractivity contribution in [2.45, 2.75) is 6.54 Å². The van der Waals surface area contributed by atoms with E-state index < -0.39 is 17.6 Å². The molecule has 0 saturated carbocycles. The number of halogens is 1. The van der Waals surface area contributed by atoms with Crippen LogP contribution < -0.4 is 22.1 Å². The molecule has 0 atom stereocenters. The van der Waals surface area contributed by atoms with Gasteiger partial charge in [-0.1, -0.05) is 12.1 Å². The molecule has 6 N–H and O–H groups in total. The number of aromatic nitrogens is 3. The van der Waals surface area contributed by atoms with Crippen molar-refractivity contribution < 1.29 is 14.0 Å². The number of nitrogens with one attached hydrogen (secondary N) is 2. The summed E-state index contributed by atoms with van der Waals surface area (Å²) in [6.45, 7) is 0.138. The van der Waals surface area contributed by atoms with Gasteiger partial charge in [0.15, 0.2) is 11.6 Å². The van der Waals surface area contributed by atoms with Gasteiger partial charge in [-0.3, -0.25) is 9.59 Å². The minimum atomic E-state index is -0.561. The van der Waals surface area contributed by atoms with E-state index in [1.165, 1.54) is 24.5 Å². The molecule has 4 aromatic rings. The maximum Gasteiger partial charge on any atom is 0.257 e. The second kappa shape index (κ2) is 8.64. The lowest BCUT2D eigenvalue weighted by Crippen LogP contribution is -2.15. The highest BCUT2D eigenvalue weighted by molar-refractivity contribution is 6.04. The van der Waals surface area contributed by atoms with Gasteiger partial charge >= 0.3 is 0 Å². The molecule has 2 aromatic heterocycles. The Morgan fingerprint density at radius 1 is 0.969 bits per heavy atom. The number of hydrogen-bond donors (Lipinski definition) is 4. The van der Waals surface area contributed by atoms with Crippen LogP contribution >= 0.6 is 0 Å². The van der Waals surface area contributed by atoms with E-state index >= 15 is 0 Å². The van der Waals surface area contributed by atoms with E-state index in [0.717, 1.165) is 11.5 Å². The number of nitrogens with zero attached hydrogens (tertiary/aromatic N) is 3. The highest BCUT2D eigenvalue weighted by Gasteiger charge is 2.13. The van der Waals surface area contributed by atoms with Crippen LogP contribution in [0.1, 0.15) is 26.3 Å². The van der Waals surface area contributed by atoms with Crippen molar-refractivity contribution >= 4 is 40.2 Å². The monoisotopic (exact) mass is 431 g/mol. The van der Waals surface area contributed by atoms with Crippen LogP contribution in [0.5, 0.6) is 0 Å². The molecule has 0 aliphatic rings. The van der Waals surface area contributed by atoms with E-state index in [2.05, 4.69) is 25.6 Å². The lowest BCUT2D eigenvalue weighted by molar-refractivity contribution is 0.0997. The fraction of sp³-hybridized carbons (Fsp3) is 0.0455. The average molecular weight is 431 g/mol. The van der Waals surface area contributed by atoms with Crippen LogP contribution in [0.2, 0.25) is 0 Å². The predicted molar refractivity (Wildman–Crippen MR) is 118 cm³/mol. The van der Waals surface area contributed by atoms with Crippen LogP contribution in [0.3, 0.4) is 0 Å². The molecule has 0 aliphatic heterocycles. The van der Waals surface area contributed by atoms with Gasteiger partial charge in [0, 0.05) is 41.0 Å². The first kappa shape index (κ1) is 20.7. The van der Waals surface area contributed by atoms with E-state index in [-0.39, 0.29) is 23.7 Å². The van der Waals surface area contributed by atoms with Gasteiger partial charge in [-0.25, -0.2) is 19.3 Å². The summed E-state index contributed by atoms with van der Waals surface area (Å²) in [5.41, 5.74) is 12.4. The second-order valence-electron chi connectivity index (χ2n) is 6.87. The van der Waals surface area contributed by atoms with Gasteiger partial charge in [0.1, 0.15) is 11.6 Å². The summed E-state index contributed by atoms with van der Waals surface area (Å²) in [5.74, 6) is -0.997. The molecule has 0 aliphatic carbocycles. The second-order valence-corrected chi connectivity index (χ2v) is 6.87. The largest absolute Gasteiger partial charge is 0.381 e. The third-order valence-electron chi connectivity index (χ3n) is 4.71. The number of primary amides is 1. The number of rotatable bonds is 6. The Labute approximate surface area is 181 Å². The van der Waals surface area contributed by atoms with Crippen LogP contribution in [0.4, 0.5) is 21.8 Å². The molecule has 10 heteroatoms. The summed E-state index contributed by atoms with van der Waals surface area (Å²) in [4.78, 5) is 35.9. The van der Waals surface area contributed by atoms with E-state index in [4.69, 9.17) is 11.5 Å². The van der Waals surface area contributed by atoms with Gasteiger partial charge in [-0.2, -0.15) is 0 Å². The molecule has 0 bridgehead atoms. The molecule has 0 spiro atoms. The van der Waals surface area contributed by atoms with E-state index in [1.807, 2.05) is 6.07 Å². The van der Waals surface area contributed by atoms with E-state index in [9.17, 15) is 14.0 Å². The molecule has 4 rings (SSSR count). The van der Waals surface area contributed by atoms with Gasteiger partial charge in [0.05, 0.1) is 5.52 Å². The standard InChI is InChI=1S/C22H18FN7O2/c23-16-9-14(22(32)30-21-19(24)26-7-8-27-21)3-4-15(16)11-28-18-6-5-12-1-2-13(20(25)31)10-17(12)29-18/h1-10H,11H2,(H2,24,26)(H2,25,31)(H,28,29)(H,27,30,32). The number of benzene rings is 2. The number of hydrogen-bond acceptors (Lipinski definition) is 7. The Balaban J connectivity index is 1.46. The summed E-state index contributed by atoms with van der Waals surface area (Å²) in [6.07, 6.45) is 2.78. The van der Waals surface area contributed by atoms with Crippen LogP contribution in [0.15, 0.2) is 60.9 Å². The molecular formula is C22H18FN7O2. The summed E-state index contributed by atoms with van der Waals surface area (Å²) in [6, 6.07) is 12.7. The summed E-state index contributed by atoms with van der Waals surface area (Å²) in [7, 11) is 0. The zero-order valence-electron chi connectivity index (χ0n) is 16.7. The fourth-order valence-electron chi connectivity index (χ4n) is 3.01. The quantitative estimate of drug-likeness (QED) is 0.367. The van der Waals surface area contributed by atoms with Crippen molar-refractivity contribution in [1.82, 2.24) is 15.0 Å². The summed E-state index contributed by atoms with van der Waals surface area (Å²) in [5, 5.41) is 6.37. The molecular weight excluding hydrogens is 413 g/mol. The number of carbonyl (C=O) groups is 2. The SMILES string of the molecule is NC(=O)c1ccc2ccc(NCc3ccc(C(=O)Nc4nccnc4N)cc3F)nc2c1. The first-order valence-electron chi connectivity index (χ1n) is 9.51. The maximum atomic E-state index is 14.6. The van der Waals surface area contributed by atoms with Crippen LogP contribution in [0, 0.1) is 5.82 Å². The third kappa shape index (κ3) is 4.43. The van der Waals surface area contributed by atoms with Crippen molar-refractivity contribution in [1.29, 1.82) is 0 Å². The number of pyridine rings is 1. The average Bonchev–Trinajstić information content (AvgIpc) is 2.79. The molecule has 160 valence electrons. The Hall–Kier alpha value is -4.60. The van der Waals surface area contributed by atoms with Crippen molar-refractivity contribution in [3.8, 4) is 0 Å². The Morgan fingerprint density at radius 2 is 1.72 bits per heavy atom. The Morgan fingerprint density at radius 3 is 2.47 bits per heavy atom. The highest BCUT2D eigenvalue weighted by atomic mass is 19.1. The maximum absolute atomic E-state index is 14.6. The van der Waals surface area contributed by atoms with E-state index in [1.54, 1.807) is 24.3 Å². The van der Waals surface area contributed by atoms with Gasteiger partial charge < -0.3 is 22.1 Å². The fourth-order valence-corrected chi connectivity index (χ4v) is 3.01. The van der Waals surface area contributed by atoms with Crippen molar-refractivity contribution in [2.24, 2.45) is 5.73 Å². The van der Waals surface area contributed by atoms with Crippen molar-refractivity contribution in [2.75, 3.05) is 16.4 Å². The molecule has 0 unspecified atom stereocenters. The number of nitrogens with two attached hydrogens (primary N) is 2. The lowest BCUT2D eigenvalue weighted by atomic mass is 10.1. The molecule has 9 nitrogen and oxygen atoms in total. The normalized spacial score (nSPS) is 10.7. The minimum Gasteiger partial charge on any atom is -0.381 e. The first-order valence-corrected chi connectivity index (χ1v) is 9.51. The van der Waals surface area contributed by atoms with Crippen molar-refractivity contribution in [3.63, 3.8) is 0 Å².